The van der Waals surface area contributed by atoms with Gasteiger partial charge in [0.05, 0.1) is 12.8 Å². The minimum atomic E-state index is 0.508. The summed E-state index contributed by atoms with van der Waals surface area (Å²) in [5, 5.41) is 11.6. The van der Waals surface area contributed by atoms with Gasteiger partial charge in [-0.15, -0.1) is 5.10 Å². The van der Waals surface area contributed by atoms with E-state index < -0.39 is 0 Å². The number of benzene rings is 2. The zero-order valence-corrected chi connectivity index (χ0v) is 19.2. The highest BCUT2D eigenvalue weighted by Gasteiger charge is 2.06. The molecule has 0 aliphatic heterocycles. The van der Waals surface area contributed by atoms with E-state index in [1.165, 1.54) is 11.1 Å². The van der Waals surface area contributed by atoms with Crippen LogP contribution in [-0.4, -0.2) is 34.7 Å². The van der Waals surface area contributed by atoms with Gasteiger partial charge in [0.2, 0.25) is 0 Å². The lowest BCUT2D eigenvalue weighted by Crippen LogP contribution is -2.15. The SMILES string of the molecule is CNC(C)C.Cc1ccc(OCCCn2cc(-c3cccc(C(C)C)c3)nn2)cc1. The summed E-state index contributed by atoms with van der Waals surface area (Å²) in [5.41, 5.74) is 4.60. The minimum Gasteiger partial charge on any atom is -0.494 e. The number of nitrogens with one attached hydrogen (secondary N) is 1. The molecular weight excluding hydrogens is 372 g/mol. The topological polar surface area (TPSA) is 52.0 Å². The molecule has 0 fully saturated rings. The molecular formula is C25H36N4O. The summed E-state index contributed by atoms with van der Waals surface area (Å²) in [4.78, 5) is 0. The van der Waals surface area contributed by atoms with E-state index in [9.17, 15) is 0 Å². The van der Waals surface area contributed by atoms with Gasteiger partial charge in [0.25, 0.3) is 0 Å². The molecule has 0 atom stereocenters. The van der Waals surface area contributed by atoms with Gasteiger partial charge in [0.1, 0.15) is 11.4 Å². The van der Waals surface area contributed by atoms with E-state index in [0.717, 1.165) is 30.0 Å². The first-order chi connectivity index (χ1) is 14.4. The molecule has 0 amide bonds. The van der Waals surface area contributed by atoms with Crippen molar-refractivity contribution in [2.24, 2.45) is 0 Å². The second-order valence-corrected chi connectivity index (χ2v) is 8.11. The predicted octanol–water partition coefficient (Wildman–Crippen LogP) is 5.46. The molecule has 162 valence electrons. The number of nitrogens with zero attached hydrogens (tertiary/aromatic N) is 3. The molecule has 3 aromatic rings. The van der Waals surface area contributed by atoms with E-state index in [0.29, 0.717) is 18.6 Å². The summed E-state index contributed by atoms with van der Waals surface area (Å²) < 4.78 is 7.64. The lowest BCUT2D eigenvalue weighted by atomic mass is 10.00. The fraction of sp³-hybridized carbons (Fsp3) is 0.440. The molecule has 1 aromatic heterocycles. The molecule has 5 heteroatoms. The van der Waals surface area contributed by atoms with E-state index >= 15 is 0 Å². The molecule has 0 radical (unpaired) electrons. The molecule has 0 saturated heterocycles. The van der Waals surface area contributed by atoms with Crippen LogP contribution in [0.15, 0.2) is 54.7 Å². The van der Waals surface area contributed by atoms with E-state index in [4.69, 9.17) is 4.74 Å². The van der Waals surface area contributed by atoms with Crippen LogP contribution in [0.25, 0.3) is 11.3 Å². The lowest BCUT2D eigenvalue weighted by Gasteiger charge is -2.06. The highest BCUT2D eigenvalue weighted by atomic mass is 16.5. The molecule has 0 aliphatic rings. The third-order valence-corrected chi connectivity index (χ3v) is 4.79. The lowest BCUT2D eigenvalue weighted by molar-refractivity contribution is 0.298. The third-order valence-electron chi connectivity index (χ3n) is 4.79. The smallest absolute Gasteiger partial charge is 0.119 e. The van der Waals surface area contributed by atoms with Gasteiger partial charge in [-0.05, 0) is 43.7 Å². The van der Waals surface area contributed by atoms with E-state index in [1.54, 1.807) is 0 Å². The van der Waals surface area contributed by atoms with Gasteiger partial charge in [-0.3, -0.25) is 4.68 Å². The Kier molecular flexibility index (Phi) is 9.55. The molecule has 0 bridgehead atoms. The predicted molar refractivity (Wildman–Crippen MR) is 125 cm³/mol. The van der Waals surface area contributed by atoms with Crippen LogP contribution in [-0.2, 0) is 6.54 Å². The largest absolute Gasteiger partial charge is 0.494 e. The number of ether oxygens (including phenoxy) is 1. The number of hydrogen-bond donors (Lipinski definition) is 1. The summed E-state index contributed by atoms with van der Waals surface area (Å²) in [7, 11) is 1.95. The molecule has 1 heterocycles. The molecule has 0 spiro atoms. The highest BCUT2D eigenvalue weighted by Crippen LogP contribution is 2.22. The maximum atomic E-state index is 5.75. The van der Waals surface area contributed by atoms with Crippen molar-refractivity contribution in [1.82, 2.24) is 20.3 Å². The van der Waals surface area contributed by atoms with Crippen molar-refractivity contribution in [2.45, 2.75) is 59.5 Å². The summed E-state index contributed by atoms with van der Waals surface area (Å²) in [6.45, 7) is 12.2. The molecule has 5 nitrogen and oxygen atoms in total. The van der Waals surface area contributed by atoms with Crippen LogP contribution in [0.2, 0.25) is 0 Å². The second-order valence-electron chi connectivity index (χ2n) is 8.11. The first-order valence-electron chi connectivity index (χ1n) is 10.8. The van der Waals surface area contributed by atoms with Gasteiger partial charge >= 0.3 is 0 Å². The normalized spacial score (nSPS) is 10.8. The standard InChI is InChI=1S/C21H25N3O.C4H11N/c1-16(2)18-6-4-7-19(14-18)21-15-24(23-22-21)12-5-13-25-20-10-8-17(3)9-11-20;1-4(2)5-3/h4,6-11,14-16H,5,12-13H2,1-3H3;4-5H,1-3H3. The Bertz CT molecular complexity index is 869. The van der Waals surface area contributed by atoms with Crippen molar-refractivity contribution in [3.63, 3.8) is 0 Å². The van der Waals surface area contributed by atoms with E-state index in [1.807, 2.05) is 30.1 Å². The monoisotopic (exact) mass is 408 g/mol. The van der Waals surface area contributed by atoms with Crippen molar-refractivity contribution < 1.29 is 4.74 Å². The van der Waals surface area contributed by atoms with Crippen LogP contribution in [0.4, 0.5) is 0 Å². The van der Waals surface area contributed by atoms with Gasteiger partial charge in [-0.1, -0.05) is 68.8 Å². The van der Waals surface area contributed by atoms with Crippen molar-refractivity contribution in [1.29, 1.82) is 0 Å². The fourth-order valence-electron chi connectivity index (χ4n) is 2.65. The number of aryl methyl sites for hydroxylation is 2. The van der Waals surface area contributed by atoms with Crippen molar-refractivity contribution in [3.8, 4) is 17.0 Å². The summed E-state index contributed by atoms with van der Waals surface area (Å²) in [6, 6.07) is 17.3. The van der Waals surface area contributed by atoms with Crippen LogP contribution in [0.1, 0.15) is 51.2 Å². The van der Waals surface area contributed by atoms with E-state index in [-0.39, 0.29) is 0 Å². The quantitative estimate of drug-likeness (QED) is 0.503. The number of hydrogen-bond acceptors (Lipinski definition) is 4. The summed E-state index contributed by atoms with van der Waals surface area (Å²) in [5.74, 6) is 1.42. The first-order valence-corrected chi connectivity index (χ1v) is 10.8. The average molecular weight is 409 g/mol. The first kappa shape index (κ1) is 23.6. The molecule has 0 aliphatic carbocycles. The van der Waals surface area contributed by atoms with Crippen molar-refractivity contribution >= 4 is 0 Å². The van der Waals surface area contributed by atoms with Crippen LogP contribution < -0.4 is 10.1 Å². The van der Waals surface area contributed by atoms with Crippen LogP contribution in [0.5, 0.6) is 5.75 Å². The number of rotatable bonds is 8. The van der Waals surface area contributed by atoms with Gasteiger partial charge in [-0.25, -0.2) is 0 Å². The fourth-order valence-corrected chi connectivity index (χ4v) is 2.65. The molecule has 0 saturated carbocycles. The molecule has 0 unspecified atom stereocenters. The number of aromatic nitrogens is 3. The van der Waals surface area contributed by atoms with Crippen molar-refractivity contribution in [2.75, 3.05) is 13.7 Å². The van der Waals surface area contributed by atoms with Crippen molar-refractivity contribution in [3.05, 3.63) is 65.9 Å². The van der Waals surface area contributed by atoms with Crippen LogP contribution in [0, 0.1) is 6.92 Å². The summed E-state index contributed by atoms with van der Waals surface area (Å²) in [6.07, 6.45) is 2.90. The zero-order chi connectivity index (χ0) is 21.9. The van der Waals surface area contributed by atoms with Crippen LogP contribution in [0.3, 0.4) is 0 Å². The Balaban J connectivity index is 0.000000575. The summed E-state index contributed by atoms with van der Waals surface area (Å²) >= 11 is 0. The Morgan fingerprint density at radius 1 is 1.03 bits per heavy atom. The molecule has 30 heavy (non-hydrogen) atoms. The van der Waals surface area contributed by atoms with Gasteiger partial charge in [0, 0.05) is 24.6 Å². The maximum Gasteiger partial charge on any atom is 0.119 e. The molecule has 3 rings (SSSR count). The van der Waals surface area contributed by atoms with E-state index in [2.05, 4.69) is 86.6 Å². The Hall–Kier alpha value is -2.66. The Labute approximate surface area is 181 Å². The van der Waals surface area contributed by atoms with Gasteiger partial charge in [0.15, 0.2) is 0 Å². The Morgan fingerprint density at radius 3 is 2.37 bits per heavy atom. The molecule has 2 aromatic carbocycles. The average Bonchev–Trinajstić information content (AvgIpc) is 3.22. The third kappa shape index (κ3) is 7.99. The van der Waals surface area contributed by atoms with Gasteiger partial charge in [-0.2, -0.15) is 0 Å². The maximum absolute atomic E-state index is 5.75. The highest BCUT2D eigenvalue weighted by molar-refractivity contribution is 5.58. The molecule has 1 N–H and O–H groups in total. The van der Waals surface area contributed by atoms with Gasteiger partial charge < -0.3 is 10.1 Å². The minimum absolute atomic E-state index is 0.508. The Morgan fingerprint density at radius 2 is 1.73 bits per heavy atom. The zero-order valence-electron chi connectivity index (χ0n) is 19.2. The van der Waals surface area contributed by atoms with Crippen LogP contribution >= 0.6 is 0 Å². The second kappa shape index (κ2) is 12.1.